The summed E-state index contributed by atoms with van der Waals surface area (Å²) in [7, 11) is 3.06. The van der Waals surface area contributed by atoms with Gasteiger partial charge in [0.1, 0.15) is 11.5 Å². The van der Waals surface area contributed by atoms with Crippen molar-refractivity contribution in [1.82, 2.24) is 14.9 Å². The Morgan fingerprint density at radius 1 is 1.26 bits per heavy atom. The van der Waals surface area contributed by atoms with Crippen molar-refractivity contribution < 1.29 is 19.4 Å². The van der Waals surface area contributed by atoms with Crippen molar-refractivity contribution in [2.75, 3.05) is 32.7 Å². The topological polar surface area (TPSA) is 96.8 Å². The van der Waals surface area contributed by atoms with Crippen LogP contribution in [0.2, 0.25) is 10.0 Å². The number of halogens is 2. The Balaban J connectivity index is 1.62. The molecule has 1 unspecified atom stereocenters. The lowest BCUT2D eigenvalue weighted by molar-refractivity contribution is -0.127. The molecule has 2 atom stereocenters. The molecule has 2 heterocycles. The van der Waals surface area contributed by atoms with Crippen LogP contribution in [0.4, 0.5) is 5.95 Å². The predicted octanol–water partition coefficient (Wildman–Crippen LogP) is 4.18. The second-order valence-electron chi connectivity index (χ2n) is 7.86. The Bertz CT molecular complexity index is 1230. The van der Waals surface area contributed by atoms with Crippen LogP contribution in [0.5, 0.6) is 11.5 Å². The van der Waals surface area contributed by atoms with Gasteiger partial charge in [0.25, 0.3) is 0 Å². The number of benzene rings is 2. The van der Waals surface area contributed by atoms with Crippen molar-refractivity contribution in [3.05, 3.63) is 53.2 Å². The summed E-state index contributed by atoms with van der Waals surface area (Å²) in [4.78, 5) is 22.7. The van der Waals surface area contributed by atoms with Crippen LogP contribution in [-0.4, -0.2) is 65.3 Å². The van der Waals surface area contributed by atoms with E-state index < -0.39 is 0 Å². The number of anilines is 1. The molecule has 2 aromatic carbocycles. The van der Waals surface area contributed by atoms with Gasteiger partial charge in [-0.05, 0) is 30.2 Å². The summed E-state index contributed by atoms with van der Waals surface area (Å²) in [6.07, 6.45) is 3.55. The molecule has 1 saturated heterocycles. The van der Waals surface area contributed by atoms with E-state index in [9.17, 15) is 9.90 Å². The first-order valence-corrected chi connectivity index (χ1v) is 11.3. The highest BCUT2D eigenvalue weighted by molar-refractivity contribution is 6.41. The highest BCUT2D eigenvalue weighted by Gasteiger charge is 2.34. The fourth-order valence-electron chi connectivity index (χ4n) is 4.16. The standard InChI is InChI=1S/C24H24Cl2N4O4/c1-4-20(32)30-11-15(8-16(30)12-31)28-24-27-10-14-7-13(5-6-17(14)29-24)21-22(25)18(33-2)9-19(34-3)23(21)26/h4-7,9-10,15-16,31H,1,8,11-12H2,2-3H3,(H,27,28,29)/t15-,16?/m0/s1. The number of fused-ring (bicyclic) bond motifs is 1. The molecular weight excluding hydrogens is 479 g/mol. The number of nitrogens with one attached hydrogen (secondary N) is 1. The van der Waals surface area contributed by atoms with Crippen LogP contribution in [-0.2, 0) is 4.79 Å². The zero-order chi connectivity index (χ0) is 24.4. The van der Waals surface area contributed by atoms with Crippen LogP contribution in [0, 0.1) is 0 Å². The van der Waals surface area contributed by atoms with Crippen LogP contribution in [0.15, 0.2) is 43.1 Å². The molecule has 3 aromatic rings. The Labute approximate surface area is 207 Å². The van der Waals surface area contributed by atoms with Crippen LogP contribution >= 0.6 is 23.2 Å². The highest BCUT2D eigenvalue weighted by Crippen LogP contribution is 2.46. The molecule has 178 valence electrons. The molecule has 0 spiro atoms. The van der Waals surface area contributed by atoms with Crippen molar-refractivity contribution in [3.63, 3.8) is 0 Å². The van der Waals surface area contributed by atoms with Gasteiger partial charge in [-0.1, -0.05) is 35.8 Å². The number of aliphatic hydroxyl groups excluding tert-OH is 1. The molecule has 8 nitrogen and oxygen atoms in total. The molecule has 0 aliphatic carbocycles. The second-order valence-corrected chi connectivity index (χ2v) is 8.62. The quantitative estimate of drug-likeness (QED) is 0.467. The number of methoxy groups -OCH3 is 2. The van der Waals surface area contributed by atoms with Crippen LogP contribution in [0.3, 0.4) is 0 Å². The van der Waals surface area contributed by atoms with E-state index in [1.807, 2.05) is 18.2 Å². The molecule has 1 aliphatic rings. The molecule has 2 N–H and O–H groups in total. The molecular formula is C24H24Cl2N4O4. The number of carbonyl (C=O) groups excluding carboxylic acids is 1. The number of likely N-dealkylation sites (tertiary alicyclic amines) is 1. The average molecular weight is 503 g/mol. The van der Waals surface area contributed by atoms with Crippen molar-refractivity contribution in [2.45, 2.75) is 18.5 Å². The molecule has 1 aliphatic heterocycles. The summed E-state index contributed by atoms with van der Waals surface area (Å²) in [6.45, 7) is 3.85. The maximum absolute atomic E-state index is 12.0. The first-order valence-electron chi connectivity index (χ1n) is 10.6. The maximum atomic E-state index is 12.0. The number of amides is 1. The summed E-state index contributed by atoms with van der Waals surface area (Å²) in [5.41, 5.74) is 2.08. The summed E-state index contributed by atoms with van der Waals surface area (Å²) in [5, 5.41) is 14.4. The molecule has 0 saturated carbocycles. The third-order valence-corrected chi connectivity index (χ3v) is 6.61. The Kier molecular flexibility index (Phi) is 7.11. The van der Waals surface area contributed by atoms with E-state index in [1.165, 1.54) is 20.3 Å². The van der Waals surface area contributed by atoms with Gasteiger partial charge in [0.05, 0.1) is 42.4 Å². The average Bonchev–Trinajstić information content (AvgIpc) is 3.26. The van der Waals surface area contributed by atoms with Gasteiger partial charge in [-0.3, -0.25) is 4.79 Å². The third kappa shape index (κ3) is 4.49. The van der Waals surface area contributed by atoms with Gasteiger partial charge in [0.2, 0.25) is 11.9 Å². The fraction of sp³-hybridized carbons (Fsp3) is 0.292. The van der Waals surface area contributed by atoms with Crippen molar-refractivity contribution >= 4 is 46.0 Å². The lowest BCUT2D eigenvalue weighted by atomic mass is 10.0. The largest absolute Gasteiger partial charge is 0.495 e. The molecule has 1 fully saturated rings. The number of ether oxygens (including phenoxy) is 2. The zero-order valence-electron chi connectivity index (χ0n) is 18.7. The highest BCUT2D eigenvalue weighted by atomic mass is 35.5. The number of aromatic nitrogens is 2. The Morgan fingerprint density at radius 3 is 2.59 bits per heavy atom. The van der Waals surface area contributed by atoms with Crippen LogP contribution < -0.4 is 14.8 Å². The van der Waals surface area contributed by atoms with E-state index in [4.69, 9.17) is 32.7 Å². The van der Waals surface area contributed by atoms with Crippen molar-refractivity contribution in [3.8, 4) is 22.6 Å². The van der Waals surface area contributed by atoms with E-state index >= 15 is 0 Å². The summed E-state index contributed by atoms with van der Waals surface area (Å²) < 4.78 is 10.7. The van der Waals surface area contributed by atoms with Gasteiger partial charge in [-0.25, -0.2) is 9.97 Å². The normalized spacial score (nSPS) is 17.6. The smallest absolute Gasteiger partial charge is 0.246 e. The molecule has 1 aromatic heterocycles. The van der Waals surface area contributed by atoms with E-state index in [0.29, 0.717) is 46.0 Å². The summed E-state index contributed by atoms with van der Waals surface area (Å²) in [5.74, 6) is 1.14. The van der Waals surface area contributed by atoms with E-state index in [-0.39, 0.29) is 24.6 Å². The fourth-order valence-corrected chi connectivity index (χ4v) is 4.88. The Hall–Kier alpha value is -3.07. The second kappa shape index (κ2) is 10.0. The minimum Gasteiger partial charge on any atom is -0.495 e. The molecule has 1 amide bonds. The SMILES string of the molecule is C=CC(=O)N1C[C@@H](Nc2ncc3cc(-c4c(Cl)c(OC)cc(OC)c4Cl)ccc3n2)CC1CO. The predicted molar refractivity (Wildman–Crippen MR) is 133 cm³/mol. The number of aliphatic hydroxyl groups is 1. The van der Waals surface area contributed by atoms with E-state index in [2.05, 4.69) is 21.9 Å². The van der Waals surface area contributed by atoms with Gasteiger partial charge >= 0.3 is 0 Å². The number of nitrogens with zero attached hydrogens (tertiary/aromatic N) is 3. The van der Waals surface area contributed by atoms with E-state index in [0.717, 1.165) is 16.5 Å². The van der Waals surface area contributed by atoms with Gasteiger partial charge in [0, 0.05) is 35.8 Å². The number of carbonyl (C=O) groups is 1. The molecule has 34 heavy (non-hydrogen) atoms. The van der Waals surface area contributed by atoms with Gasteiger partial charge in [-0.2, -0.15) is 0 Å². The summed E-state index contributed by atoms with van der Waals surface area (Å²) in [6, 6.07) is 6.92. The van der Waals surface area contributed by atoms with Gasteiger partial charge in [0.15, 0.2) is 0 Å². The zero-order valence-corrected chi connectivity index (χ0v) is 20.2. The minimum absolute atomic E-state index is 0.0837. The van der Waals surface area contributed by atoms with Crippen molar-refractivity contribution in [1.29, 1.82) is 0 Å². The monoisotopic (exact) mass is 502 g/mol. The number of hydrogen-bond acceptors (Lipinski definition) is 7. The van der Waals surface area contributed by atoms with Crippen LogP contribution in [0.25, 0.3) is 22.0 Å². The first-order chi connectivity index (χ1) is 16.4. The first kappa shape index (κ1) is 24.1. The number of rotatable bonds is 7. The van der Waals surface area contributed by atoms with Crippen molar-refractivity contribution in [2.24, 2.45) is 0 Å². The number of hydrogen-bond donors (Lipinski definition) is 2. The molecule has 10 heteroatoms. The molecule has 0 bridgehead atoms. The minimum atomic E-state index is -0.264. The Morgan fingerprint density at radius 2 is 1.97 bits per heavy atom. The van der Waals surface area contributed by atoms with Crippen LogP contribution in [0.1, 0.15) is 6.42 Å². The van der Waals surface area contributed by atoms with E-state index in [1.54, 1.807) is 17.2 Å². The summed E-state index contributed by atoms with van der Waals surface area (Å²) >= 11 is 13.1. The molecule has 4 rings (SSSR count). The third-order valence-electron chi connectivity index (χ3n) is 5.86. The lowest BCUT2D eigenvalue weighted by Crippen LogP contribution is -2.37. The lowest BCUT2D eigenvalue weighted by Gasteiger charge is -2.20. The maximum Gasteiger partial charge on any atom is 0.246 e. The van der Waals surface area contributed by atoms with Gasteiger partial charge < -0.3 is 24.8 Å². The molecule has 0 radical (unpaired) electrons. The van der Waals surface area contributed by atoms with Gasteiger partial charge in [-0.15, -0.1) is 0 Å².